The van der Waals surface area contributed by atoms with E-state index in [1.165, 1.54) is 12.4 Å². The molecule has 11 nitrogen and oxygen atoms in total. The zero-order valence-electron chi connectivity index (χ0n) is 22.0. The first-order chi connectivity index (χ1) is 18.8. The van der Waals surface area contributed by atoms with Crippen molar-refractivity contribution in [2.75, 3.05) is 43.4 Å². The Hall–Kier alpha value is -3.99. The number of aromatic nitrogens is 4. The molecule has 5 heterocycles. The maximum atomic E-state index is 12.0. The molecule has 0 aromatic carbocycles. The molecule has 0 aliphatic carbocycles. The summed E-state index contributed by atoms with van der Waals surface area (Å²) in [6, 6.07) is 5.69. The molecule has 2 fully saturated rings. The number of amides is 2. The topological polar surface area (TPSA) is 117 Å². The molecule has 204 valence electrons. The molecule has 1 unspecified atom stereocenters. The fourth-order valence-corrected chi connectivity index (χ4v) is 5.20. The first-order valence-electron chi connectivity index (χ1n) is 12.9. The zero-order valence-corrected chi connectivity index (χ0v) is 22.8. The largest absolute Gasteiger partial charge is 0.471 e. The van der Waals surface area contributed by atoms with E-state index in [1.807, 2.05) is 19.2 Å². The number of nitrogens with zero attached hydrogens (tertiary/aromatic N) is 7. The van der Waals surface area contributed by atoms with E-state index in [-0.39, 0.29) is 24.0 Å². The van der Waals surface area contributed by atoms with Crippen LogP contribution in [0.3, 0.4) is 0 Å². The van der Waals surface area contributed by atoms with Crippen molar-refractivity contribution in [1.29, 1.82) is 0 Å². The van der Waals surface area contributed by atoms with Crippen LogP contribution in [-0.2, 0) is 9.59 Å². The maximum Gasteiger partial charge on any atom is 0.246 e. The van der Waals surface area contributed by atoms with Crippen molar-refractivity contribution in [3.8, 4) is 5.88 Å². The molecule has 3 aromatic rings. The summed E-state index contributed by atoms with van der Waals surface area (Å²) in [5.74, 6) is 1.58. The second-order valence-corrected chi connectivity index (χ2v) is 10.2. The van der Waals surface area contributed by atoms with Gasteiger partial charge >= 0.3 is 0 Å². The van der Waals surface area contributed by atoms with Crippen LogP contribution in [0.25, 0.3) is 11.0 Å². The fraction of sp³-hybridized carbons (Fsp3) is 0.407. The van der Waals surface area contributed by atoms with Crippen molar-refractivity contribution in [1.82, 2.24) is 29.7 Å². The molecule has 12 heteroatoms. The van der Waals surface area contributed by atoms with Crippen LogP contribution in [0.2, 0.25) is 5.02 Å². The summed E-state index contributed by atoms with van der Waals surface area (Å²) in [5.41, 5.74) is 1.91. The molecule has 2 aliphatic heterocycles. The van der Waals surface area contributed by atoms with Crippen LogP contribution in [-0.4, -0.2) is 86.9 Å². The summed E-state index contributed by atoms with van der Waals surface area (Å²) in [4.78, 5) is 47.4. The molecular formula is C27H31ClN8O3. The van der Waals surface area contributed by atoms with Crippen LogP contribution in [0.5, 0.6) is 5.88 Å². The van der Waals surface area contributed by atoms with Gasteiger partial charge in [-0.3, -0.25) is 9.59 Å². The fourth-order valence-electron chi connectivity index (χ4n) is 4.99. The van der Waals surface area contributed by atoms with E-state index in [1.54, 1.807) is 29.0 Å². The van der Waals surface area contributed by atoms with E-state index >= 15 is 0 Å². The standard InChI is InChI=1S/C27H31ClN8O3/c1-4-24(38)36-11-9-19(14-36)34(3)23-8-7-22-25(33-23)26(31-16-30-22)32-18-12-21(28)27(29-13-18)39-20-6-5-10-35(15-20)17(2)37/h4,7-8,12-13,16,19-20H,1,5-6,9-11,14-15H2,2-3H3,(H,30,31,32)/t19-,20?/m0/s1. The normalized spacial score (nSPS) is 19.2. The van der Waals surface area contributed by atoms with Crippen LogP contribution in [0.15, 0.2) is 43.4 Å². The van der Waals surface area contributed by atoms with E-state index in [4.69, 9.17) is 21.3 Å². The van der Waals surface area contributed by atoms with E-state index in [0.29, 0.717) is 53.1 Å². The van der Waals surface area contributed by atoms with Crippen molar-refractivity contribution in [3.05, 3.63) is 48.4 Å². The van der Waals surface area contributed by atoms with Gasteiger partial charge in [-0.05, 0) is 43.5 Å². The second kappa shape index (κ2) is 11.4. The van der Waals surface area contributed by atoms with Crippen molar-refractivity contribution in [2.45, 2.75) is 38.3 Å². The molecule has 2 atom stereocenters. The van der Waals surface area contributed by atoms with Crippen LogP contribution >= 0.6 is 11.6 Å². The molecular weight excluding hydrogens is 520 g/mol. The Morgan fingerprint density at radius 3 is 2.79 bits per heavy atom. The van der Waals surface area contributed by atoms with E-state index in [2.05, 4.69) is 31.7 Å². The third-order valence-corrected chi connectivity index (χ3v) is 7.47. The highest BCUT2D eigenvalue weighted by Gasteiger charge is 2.29. The number of ether oxygens (including phenoxy) is 1. The first-order valence-corrected chi connectivity index (χ1v) is 13.3. The third-order valence-electron chi connectivity index (χ3n) is 7.20. The molecule has 0 spiro atoms. The van der Waals surface area contributed by atoms with Crippen molar-refractivity contribution in [2.24, 2.45) is 0 Å². The molecule has 5 rings (SSSR count). The number of likely N-dealkylation sites (N-methyl/N-ethyl adjacent to an activating group) is 1. The third kappa shape index (κ3) is 5.88. The molecule has 0 saturated carbocycles. The van der Waals surface area contributed by atoms with Gasteiger partial charge in [0, 0.05) is 39.6 Å². The quantitative estimate of drug-likeness (QED) is 0.441. The van der Waals surface area contributed by atoms with Crippen molar-refractivity contribution in [3.63, 3.8) is 0 Å². The lowest BCUT2D eigenvalue weighted by atomic mass is 10.1. The SMILES string of the molecule is C=CC(=O)N1CC[C@H](N(C)c2ccc3ncnc(Nc4cnc(OC5CCCN(C(C)=O)C5)c(Cl)c4)c3n2)C1. The average Bonchev–Trinajstić information content (AvgIpc) is 3.44. The lowest BCUT2D eigenvalue weighted by Gasteiger charge is -2.32. The van der Waals surface area contributed by atoms with Gasteiger partial charge in [-0.2, -0.15) is 0 Å². The summed E-state index contributed by atoms with van der Waals surface area (Å²) >= 11 is 6.52. The van der Waals surface area contributed by atoms with Crippen molar-refractivity contribution >= 4 is 51.8 Å². The molecule has 2 saturated heterocycles. The van der Waals surface area contributed by atoms with Gasteiger partial charge in [-0.25, -0.2) is 19.9 Å². The smallest absolute Gasteiger partial charge is 0.246 e. The number of hydrogen-bond donors (Lipinski definition) is 1. The average molecular weight is 551 g/mol. The highest BCUT2D eigenvalue weighted by molar-refractivity contribution is 6.32. The minimum atomic E-state index is -0.154. The number of likely N-dealkylation sites (tertiary alicyclic amines) is 2. The molecule has 1 N–H and O–H groups in total. The van der Waals surface area contributed by atoms with Gasteiger partial charge in [0.15, 0.2) is 5.82 Å². The minimum Gasteiger partial charge on any atom is -0.471 e. The van der Waals surface area contributed by atoms with Gasteiger partial charge in [0.25, 0.3) is 0 Å². The van der Waals surface area contributed by atoms with E-state index in [9.17, 15) is 9.59 Å². The molecule has 3 aromatic heterocycles. The highest BCUT2D eigenvalue weighted by Crippen LogP contribution is 2.30. The zero-order chi connectivity index (χ0) is 27.5. The van der Waals surface area contributed by atoms with Gasteiger partial charge in [0.1, 0.15) is 28.8 Å². The summed E-state index contributed by atoms with van der Waals surface area (Å²) in [7, 11) is 1.97. The highest BCUT2D eigenvalue weighted by atomic mass is 35.5. The van der Waals surface area contributed by atoms with Crippen LogP contribution in [0.4, 0.5) is 17.3 Å². The Labute approximate surface area is 231 Å². The Kier molecular flexibility index (Phi) is 7.78. The van der Waals surface area contributed by atoms with Crippen LogP contribution < -0.4 is 15.0 Å². The van der Waals surface area contributed by atoms with Crippen molar-refractivity contribution < 1.29 is 14.3 Å². The molecule has 2 aliphatic rings. The number of carbonyl (C=O) groups excluding carboxylic acids is 2. The number of rotatable bonds is 7. The maximum absolute atomic E-state index is 12.0. The first kappa shape index (κ1) is 26.6. The Morgan fingerprint density at radius 2 is 2.03 bits per heavy atom. The Morgan fingerprint density at radius 1 is 1.18 bits per heavy atom. The number of fused-ring (bicyclic) bond motifs is 1. The number of anilines is 3. The number of halogens is 1. The van der Waals surface area contributed by atoms with Gasteiger partial charge in [-0.15, -0.1) is 0 Å². The Balaban J connectivity index is 1.31. The predicted molar refractivity (Wildman–Crippen MR) is 149 cm³/mol. The predicted octanol–water partition coefficient (Wildman–Crippen LogP) is 3.43. The molecule has 0 radical (unpaired) electrons. The summed E-state index contributed by atoms with van der Waals surface area (Å²) in [5, 5.41) is 3.61. The summed E-state index contributed by atoms with van der Waals surface area (Å²) in [6.45, 7) is 7.71. The van der Waals surface area contributed by atoms with E-state index < -0.39 is 0 Å². The summed E-state index contributed by atoms with van der Waals surface area (Å²) < 4.78 is 6.02. The second-order valence-electron chi connectivity index (χ2n) is 9.78. The summed E-state index contributed by atoms with van der Waals surface area (Å²) in [6.07, 6.45) is 6.85. The lowest BCUT2D eigenvalue weighted by molar-refractivity contribution is -0.131. The minimum absolute atomic E-state index is 0.0370. The van der Waals surface area contributed by atoms with Gasteiger partial charge in [-0.1, -0.05) is 18.2 Å². The van der Waals surface area contributed by atoms with E-state index in [0.717, 1.165) is 31.6 Å². The van der Waals surface area contributed by atoms with Gasteiger partial charge in [0.2, 0.25) is 17.7 Å². The molecule has 39 heavy (non-hydrogen) atoms. The number of nitrogens with one attached hydrogen (secondary N) is 1. The van der Waals surface area contributed by atoms with Gasteiger partial charge < -0.3 is 24.8 Å². The van der Waals surface area contributed by atoms with Crippen LogP contribution in [0, 0.1) is 0 Å². The molecule has 2 amide bonds. The van der Waals surface area contributed by atoms with Gasteiger partial charge in [0.05, 0.1) is 23.9 Å². The lowest BCUT2D eigenvalue weighted by Crippen LogP contribution is -2.43. The number of hydrogen-bond acceptors (Lipinski definition) is 9. The monoisotopic (exact) mass is 550 g/mol. The number of carbonyl (C=O) groups is 2. The Bertz CT molecular complexity index is 1400. The number of piperidine rings is 1. The van der Waals surface area contributed by atoms with Crippen LogP contribution in [0.1, 0.15) is 26.2 Å². The number of pyridine rings is 2. The molecule has 0 bridgehead atoms.